The third kappa shape index (κ3) is 1.95. The van der Waals surface area contributed by atoms with Gasteiger partial charge in [0.25, 0.3) is 5.56 Å². The Labute approximate surface area is 133 Å². The molecule has 1 aromatic heterocycles. The molecule has 1 aliphatic carbocycles. The lowest BCUT2D eigenvalue weighted by Gasteiger charge is -2.12. The Morgan fingerprint density at radius 3 is 2.39 bits per heavy atom. The number of benzene rings is 2. The third-order valence-electron chi connectivity index (χ3n) is 4.29. The molecule has 23 heavy (non-hydrogen) atoms. The number of H-pyrrole nitrogens is 1. The predicted octanol–water partition coefficient (Wildman–Crippen LogP) is 2.80. The molecule has 1 N–H and O–H groups in total. The highest BCUT2D eigenvalue weighted by atomic mass is 16.1. The zero-order valence-corrected chi connectivity index (χ0v) is 13.0. The molecule has 0 bridgehead atoms. The fraction of sp³-hybridized carbons (Fsp3) is 0.158. The molecule has 0 fully saturated rings. The van der Waals surface area contributed by atoms with Gasteiger partial charge in [-0.05, 0) is 25.7 Å². The van der Waals surface area contributed by atoms with E-state index in [0.29, 0.717) is 28.8 Å². The lowest BCUT2D eigenvalue weighted by atomic mass is 10.0. The molecule has 114 valence electrons. The van der Waals surface area contributed by atoms with Crippen LogP contribution in [0.15, 0.2) is 47.3 Å². The van der Waals surface area contributed by atoms with Gasteiger partial charge in [-0.3, -0.25) is 9.59 Å². The summed E-state index contributed by atoms with van der Waals surface area (Å²) in [6, 6.07) is 13.1. The van der Waals surface area contributed by atoms with Crippen LogP contribution in [0.5, 0.6) is 0 Å². The van der Waals surface area contributed by atoms with Crippen molar-refractivity contribution in [1.82, 2.24) is 9.88 Å². The summed E-state index contributed by atoms with van der Waals surface area (Å²) in [6.45, 7) is 0.686. The molecule has 0 saturated heterocycles. The number of pyridine rings is 1. The van der Waals surface area contributed by atoms with Crippen molar-refractivity contribution in [2.45, 2.75) is 6.54 Å². The first-order chi connectivity index (χ1) is 11.1. The van der Waals surface area contributed by atoms with Gasteiger partial charge in [0, 0.05) is 28.4 Å². The van der Waals surface area contributed by atoms with E-state index in [1.165, 1.54) is 0 Å². The fourth-order valence-corrected chi connectivity index (χ4v) is 3.39. The first-order valence-corrected chi connectivity index (χ1v) is 7.54. The molecule has 1 aliphatic rings. The van der Waals surface area contributed by atoms with Gasteiger partial charge in [-0.2, -0.15) is 0 Å². The molecular weight excluding hydrogens is 288 g/mol. The smallest absolute Gasteiger partial charge is 0.256 e. The Kier molecular flexibility index (Phi) is 2.96. The summed E-state index contributed by atoms with van der Waals surface area (Å²) in [6.07, 6.45) is 0. The second kappa shape index (κ2) is 4.89. The Morgan fingerprint density at radius 1 is 0.913 bits per heavy atom. The number of fused-ring (bicyclic) bond motifs is 5. The maximum atomic E-state index is 13.1. The van der Waals surface area contributed by atoms with Gasteiger partial charge in [-0.15, -0.1) is 0 Å². The first-order valence-electron chi connectivity index (χ1n) is 7.54. The molecule has 0 atom stereocenters. The van der Waals surface area contributed by atoms with Gasteiger partial charge in [-0.1, -0.05) is 36.4 Å². The van der Waals surface area contributed by atoms with Crippen LogP contribution >= 0.6 is 0 Å². The SMILES string of the molecule is CN(C)Cc1cccc2c1C(=O)c1c-2[nH]c(=O)c2ccccc12. The number of ketones is 1. The van der Waals surface area contributed by atoms with Crippen LogP contribution in [0, 0.1) is 0 Å². The third-order valence-corrected chi connectivity index (χ3v) is 4.29. The Hall–Kier alpha value is -2.72. The minimum Gasteiger partial charge on any atom is -0.321 e. The molecule has 0 unspecified atom stereocenters. The van der Waals surface area contributed by atoms with Crippen molar-refractivity contribution in [1.29, 1.82) is 0 Å². The molecule has 0 amide bonds. The van der Waals surface area contributed by atoms with Crippen molar-refractivity contribution in [2.24, 2.45) is 0 Å². The second-order valence-electron chi connectivity index (χ2n) is 6.16. The number of carbonyl (C=O) groups is 1. The van der Waals surface area contributed by atoms with E-state index in [4.69, 9.17) is 0 Å². The maximum Gasteiger partial charge on any atom is 0.256 e. The van der Waals surface area contributed by atoms with Crippen molar-refractivity contribution in [3.05, 3.63) is 69.5 Å². The number of nitrogens with one attached hydrogen (secondary N) is 1. The van der Waals surface area contributed by atoms with Crippen molar-refractivity contribution < 1.29 is 4.79 Å². The topological polar surface area (TPSA) is 53.2 Å². The monoisotopic (exact) mass is 304 g/mol. The summed E-state index contributed by atoms with van der Waals surface area (Å²) < 4.78 is 0. The molecule has 0 spiro atoms. The minimum atomic E-state index is -0.155. The van der Waals surface area contributed by atoms with Gasteiger partial charge in [0.1, 0.15) is 0 Å². The quantitative estimate of drug-likeness (QED) is 0.619. The van der Waals surface area contributed by atoms with Gasteiger partial charge in [0.2, 0.25) is 0 Å². The van der Waals surface area contributed by atoms with E-state index in [0.717, 1.165) is 16.5 Å². The van der Waals surface area contributed by atoms with Crippen molar-refractivity contribution >= 4 is 16.6 Å². The highest BCUT2D eigenvalue weighted by Crippen LogP contribution is 2.39. The van der Waals surface area contributed by atoms with Gasteiger partial charge in [0.15, 0.2) is 5.78 Å². The molecule has 2 aromatic carbocycles. The van der Waals surface area contributed by atoms with Crippen molar-refractivity contribution in [2.75, 3.05) is 14.1 Å². The number of aromatic amines is 1. The molecule has 4 rings (SSSR count). The van der Waals surface area contributed by atoms with Gasteiger partial charge >= 0.3 is 0 Å². The molecule has 0 aliphatic heterocycles. The number of rotatable bonds is 2. The van der Waals surface area contributed by atoms with E-state index in [1.807, 2.05) is 55.4 Å². The summed E-state index contributed by atoms with van der Waals surface area (Å²) in [7, 11) is 3.95. The largest absolute Gasteiger partial charge is 0.321 e. The molecule has 1 heterocycles. The maximum absolute atomic E-state index is 13.1. The molecule has 0 radical (unpaired) electrons. The van der Waals surface area contributed by atoms with Crippen LogP contribution < -0.4 is 5.56 Å². The zero-order chi connectivity index (χ0) is 16.1. The second-order valence-corrected chi connectivity index (χ2v) is 6.16. The Bertz CT molecular complexity index is 1020. The minimum absolute atomic E-state index is 0.0000926. The molecule has 0 saturated carbocycles. The van der Waals surface area contributed by atoms with E-state index in [-0.39, 0.29) is 11.3 Å². The zero-order valence-electron chi connectivity index (χ0n) is 13.0. The highest BCUT2D eigenvalue weighted by molar-refractivity contribution is 6.27. The number of nitrogens with zero attached hydrogens (tertiary/aromatic N) is 1. The fourth-order valence-electron chi connectivity index (χ4n) is 3.39. The number of aromatic nitrogens is 1. The predicted molar refractivity (Wildman–Crippen MR) is 90.8 cm³/mol. The lowest BCUT2D eigenvalue weighted by molar-refractivity contribution is 0.104. The van der Waals surface area contributed by atoms with Crippen LogP contribution in [0.25, 0.3) is 22.0 Å². The average molecular weight is 304 g/mol. The van der Waals surface area contributed by atoms with E-state index >= 15 is 0 Å². The summed E-state index contributed by atoms with van der Waals surface area (Å²) in [5.41, 5.74) is 3.63. The van der Waals surface area contributed by atoms with Gasteiger partial charge < -0.3 is 9.88 Å². The summed E-state index contributed by atoms with van der Waals surface area (Å²) in [5, 5.41) is 1.28. The van der Waals surface area contributed by atoms with Crippen LogP contribution in [-0.4, -0.2) is 29.8 Å². The summed E-state index contributed by atoms with van der Waals surface area (Å²) >= 11 is 0. The standard InChI is InChI=1S/C19H16N2O2/c1-21(2)10-11-6-5-9-14-15(11)18(22)16-12-7-3-4-8-13(12)19(23)20-17(14)16/h3-9H,10H2,1-2H3,(H,20,23). The van der Waals surface area contributed by atoms with E-state index in [1.54, 1.807) is 6.07 Å². The molecule has 4 nitrogen and oxygen atoms in total. The van der Waals surface area contributed by atoms with Crippen LogP contribution in [0.3, 0.4) is 0 Å². The highest BCUT2D eigenvalue weighted by Gasteiger charge is 2.32. The van der Waals surface area contributed by atoms with E-state index < -0.39 is 0 Å². The van der Waals surface area contributed by atoms with Crippen LogP contribution in [-0.2, 0) is 6.54 Å². The normalized spacial score (nSPS) is 12.7. The van der Waals surface area contributed by atoms with Crippen LogP contribution in [0.4, 0.5) is 0 Å². The molecule has 4 heteroatoms. The van der Waals surface area contributed by atoms with Crippen LogP contribution in [0.1, 0.15) is 21.5 Å². The Morgan fingerprint density at radius 2 is 1.65 bits per heavy atom. The number of hydrogen-bond acceptors (Lipinski definition) is 3. The van der Waals surface area contributed by atoms with Gasteiger partial charge in [-0.25, -0.2) is 0 Å². The lowest BCUT2D eigenvalue weighted by Crippen LogP contribution is -2.13. The first kappa shape index (κ1) is 13.9. The van der Waals surface area contributed by atoms with E-state index in [2.05, 4.69) is 4.98 Å². The molecular formula is C19H16N2O2. The summed E-state index contributed by atoms with van der Waals surface area (Å²) in [5.74, 6) is -0.0000926. The molecule has 3 aromatic rings. The Balaban J connectivity index is 2.07. The number of hydrogen-bond donors (Lipinski definition) is 1. The summed E-state index contributed by atoms with van der Waals surface area (Å²) in [4.78, 5) is 30.4. The van der Waals surface area contributed by atoms with E-state index in [9.17, 15) is 9.59 Å². The number of carbonyl (C=O) groups excluding carboxylic acids is 1. The van der Waals surface area contributed by atoms with Crippen LogP contribution in [0.2, 0.25) is 0 Å². The van der Waals surface area contributed by atoms with Crippen molar-refractivity contribution in [3.63, 3.8) is 0 Å². The van der Waals surface area contributed by atoms with Gasteiger partial charge in [0.05, 0.1) is 11.3 Å². The average Bonchev–Trinajstić information content (AvgIpc) is 2.81. The van der Waals surface area contributed by atoms with Crippen molar-refractivity contribution in [3.8, 4) is 11.3 Å².